The maximum absolute atomic E-state index is 11.0. The minimum atomic E-state index is -3.63. The van der Waals surface area contributed by atoms with E-state index in [0.29, 0.717) is 17.6 Å². The van der Waals surface area contributed by atoms with Crippen molar-refractivity contribution in [1.82, 2.24) is 4.31 Å². The molecule has 6 heteroatoms. The van der Waals surface area contributed by atoms with Crippen molar-refractivity contribution in [2.75, 3.05) is 7.05 Å². The molecule has 2 unspecified atom stereocenters. The lowest BCUT2D eigenvalue weighted by atomic mass is 10.3. The molecule has 2 rings (SSSR count). The van der Waals surface area contributed by atoms with Gasteiger partial charge in [-0.05, 0) is 24.5 Å². The van der Waals surface area contributed by atoms with E-state index in [0.717, 1.165) is 16.5 Å². The van der Waals surface area contributed by atoms with E-state index < -0.39 is 10.2 Å². The molecule has 0 radical (unpaired) electrons. The van der Waals surface area contributed by atoms with Crippen molar-refractivity contribution in [2.45, 2.75) is 25.8 Å². The van der Waals surface area contributed by atoms with Gasteiger partial charge < -0.3 is 4.42 Å². The van der Waals surface area contributed by atoms with E-state index >= 15 is 0 Å². The van der Waals surface area contributed by atoms with Crippen LogP contribution in [0.5, 0.6) is 0 Å². The highest BCUT2D eigenvalue weighted by Gasteiger charge is 2.36. The fourth-order valence-corrected chi connectivity index (χ4v) is 2.01. The van der Waals surface area contributed by atoms with Gasteiger partial charge in [0.15, 0.2) is 0 Å². The van der Waals surface area contributed by atoms with Gasteiger partial charge in [0.2, 0.25) is 0 Å². The smallest absolute Gasteiger partial charge is 0.277 e. The highest BCUT2D eigenvalue weighted by molar-refractivity contribution is 7.86. The van der Waals surface area contributed by atoms with Crippen molar-refractivity contribution < 1.29 is 12.8 Å². The molecule has 0 amide bonds. The molecule has 1 aliphatic rings. The fourth-order valence-electron chi connectivity index (χ4n) is 1.71. The molecule has 1 saturated carbocycles. The minimum absolute atomic E-state index is 0.180. The van der Waals surface area contributed by atoms with Gasteiger partial charge in [0.25, 0.3) is 10.2 Å². The Bertz CT molecular complexity index is 480. The zero-order valence-electron chi connectivity index (χ0n) is 9.38. The van der Waals surface area contributed by atoms with Crippen LogP contribution in [0.1, 0.15) is 30.8 Å². The third-order valence-corrected chi connectivity index (χ3v) is 3.97. The van der Waals surface area contributed by atoms with Crippen LogP contribution in [0.25, 0.3) is 0 Å². The van der Waals surface area contributed by atoms with Gasteiger partial charge >= 0.3 is 0 Å². The van der Waals surface area contributed by atoms with E-state index in [1.807, 2.05) is 12.1 Å². The van der Waals surface area contributed by atoms with Crippen LogP contribution in [0.2, 0.25) is 0 Å². The topological polar surface area (TPSA) is 76.5 Å². The van der Waals surface area contributed by atoms with Crippen molar-refractivity contribution in [2.24, 2.45) is 11.1 Å². The average Bonchev–Trinajstić information content (AvgIpc) is 2.72. The Kier molecular flexibility index (Phi) is 2.81. The molecule has 2 N–H and O–H groups in total. The summed E-state index contributed by atoms with van der Waals surface area (Å²) in [6, 6.07) is 3.72. The van der Waals surface area contributed by atoms with Crippen LogP contribution in [-0.4, -0.2) is 19.8 Å². The van der Waals surface area contributed by atoms with Gasteiger partial charge in [-0.1, -0.05) is 6.92 Å². The largest absolute Gasteiger partial charge is 0.464 e. The van der Waals surface area contributed by atoms with Crippen LogP contribution in [-0.2, 0) is 16.8 Å². The Balaban J connectivity index is 2.03. The van der Waals surface area contributed by atoms with E-state index in [4.69, 9.17) is 9.56 Å². The van der Waals surface area contributed by atoms with Gasteiger partial charge in [0, 0.05) is 13.0 Å². The van der Waals surface area contributed by atoms with Crippen LogP contribution in [0.15, 0.2) is 16.5 Å². The van der Waals surface area contributed by atoms with E-state index in [1.54, 1.807) is 0 Å². The molecule has 1 fully saturated rings. The normalized spacial score (nSPS) is 25.0. The molecule has 1 aliphatic carbocycles. The fraction of sp³-hybridized carbons (Fsp3) is 0.600. The molecular formula is C10H16N2O3S. The summed E-state index contributed by atoms with van der Waals surface area (Å²) < 4.78 is 28.6. The highest BCUT2D eigenvalue weighted by atomic mass is 32.2. The van der Waals surface area contributed by atoms with Gasteiger partial charge in [0.1, 0.15) is 11.5 Å². The van der Waals surface area contributed by atoms with E-state index in [9.17, 15) is 8.42 Å². The summed E-state index contributed by atoms with van der Waals surface area (Å²) >= 11 is 0. The van der Waals surface area contributed by atoms with Crippen molar-refractivity contribution in [3.05, 3.63) is 23.7 Å². The second-order valence-electron chi connectivity index (χ2n) is 4.42. The molecule has 0 aromatic carbocycles. The summed E-state index contributed by atoms with van der Waals surface area (Å²) in [5, 5.41) is 4.98. The van der Waals surface area contributed by atoms with E-state index in [2.05, 4.69) is 6.92 Å². The third-order valence-electron chi connectivity index (χ3n) is 2.97. The number of nitrogens with zero attached hydrogens (tertiary/aromatic N) is 1. The Morgan fingerprint density at radius 3 is 2.69 bits per heavy atom. The molecule has 0 spiro atoms. The van der Waals surface area contributed by atoms with Crippen molar-refractivity contribution >= 4 is 10.2 Å². The van der Waals surface area contributed by atoms with Crippen LogP contribution in [0, 0.1) is 5.92 Å². The second kappa shape index (κ2) is 3.87. The second-order valence-corrected chi connectivity index (χ2v) is 6.08. The summed E-state index contributed by atoms with van der Waals surface area (Å²) in [7, 11) is -2.21. The molecule has 1 heterocycles. The van der Waals surface area contributed by atoms with Gasteiger partial charge in [-0.25, -0.2) is 5.14 Å². The van der Waals surface area contributed by atoms with Gasteiger partial charge in [-0.3, -0.25) is 0 Å². The number of hydrogen-bond donors (Lipinski definition) is 1. The first-order chi connectivity index (χ1) is 7.38. The van der Waals surface area contributed by atoms with Gasteiger partial charge in [-0.15, -0.1) is 0 Å². The Hall–Kier alpha value is -0.850. The van der Waals surface area contributed by atoms with Crippen molar-refractivity contribution in [1.29, 1.82) is 0 Å². The van der Waals surface area contributed by atoms with Crippen molar-refractivity contribution in [3.63, 3.8) is 0 Å². The summed E-state index contributed by atoms with van der Waals surface area (Å²) in [6.07, 6.45) is 1.15. The summed E-state index contributed by atoms with van der Waals surface area (Å²) in [6.45, 7) is 2.35. The highest BCUT2D eigenvalue weighted by Crippen LogP contribution is 2.47. The first-order valence-corrected chi connectivity index (χ1v) is 6.71. The molecule has 1 aromatic rings. The molecule has 0 bridgehead atoms. The van der Waals surface area contributed by atoms with Gasteiger partial charge in [-0.2, -0.15) is 12.7 Å². The predicted octanol–water partition coefficient (Wildman–Crippen LogP) is 1.04. The maximum Gasteiger partial charge on any atom is 0.277 e. The molecule has 5 nitrogen and oxygen atoms in total. The molecule has 2 atom stereocenters. The number of nitrogens with two attached hydrogens (primary N) is 1. The number of rotatable bonds is 4. The van der Waals surface area contributed by atoms with Crippen molar-refractivity contribution in [3.8, 4) is 0 Å². The maximum atomic E-state index is 11.0. The average molecular weight is 244 g/mol. The lowest BCUT2D eigenvalue weighted by molar-refractivity contribution is 0.390. The SMILES string of the molecule is CC1CC1c1ccc(CN(C)S(N)(=O)=O)o1. The Morgan fingerprint density at radius 1 is 1.56 bits per heavy atom. The molecule has 16 heavy (non-hydrogen) atoms. The lowest BCUT2D eigenvalue weighted by Gasteiger charge is -2.10. The number of furan rings is 1. The van der Waals surface area contributed by atoms with Crippen LogP contribution in [0.4, 0.5) is 0 Å². The first kappa shape index (κ1) is 11.6. The zero-order chi connectivity index (χ0) is 11.9. The summed E-state index contributed by atoms with van der Waals surface area (Å²) in [5.74, 6) is 2.76. The molecular weight excluding hydrogens is 228 g/mol. The molecule has 1 aromatic heterocycles. The predicted molar refractivity (Wildman–Crippen MR) is 59.8 cm³/mol. The van der Waals surface area contributed by atoms with Crippen LogP contribution < -0.4 is 5.14 Å². The van der Waals surface area contributed by atoms with Gasteiger partial charge in [0.05, 0.1) is 6.54 Å². The van der Waals surface area contributed by atoms with Crippen LogP contribution >= 0.6 is 0 Å². The quantitative estimate of drug-likeness (QED) is 0.859. The van der Waals surface area contributed by atoms with E-state index in [-0.39, 0.29) is 6.54 Å². The standard InChI is InChI=1S/C10H16N2O3S/c1-7-5-9(7)10-4-3-8(15-10)6-12(2)16(11,13)14/h3-4,7,9H,5-6H2,1-2H3,(H2,11,13,14). The molecule has 0 aliphatic heterocycles. The monoisotopic (exact) mass is 244 g/mol. The van der Waals surface area contributed by atoms with E-state index in [1.165, 1.54) is 7.05 Å². The third kappa shape index (κ3) is 2.45. The summed E-state index contributed by atoms with van der Waals surface area (Å²) in [5.41, 5.74) is 0. The Labute approximate surface area is 95.4 Å². The zero-order valence-corrected chi connectivity index (χ0v) is 10.2. The molecule has 90 valence electrons. The number of hydrogen-bond acceptors (Lipinski definition) is 3. The summed E-state index contributed by atoms with van der Waals surface area (Å²) in [4.78, 5) is 0. The van der Waals surface area contributed by atoms with Crippen LogP contribution in [0.3, 0.4) is 0 Å². The Morgan fingerprint density at radius 2 is 2.19 bits per heavy atom. The lowest BCUT2D eigenvalue weighted by Crippen LogP contribution is -2.32. The minimum Gasteiger partial charge on any atom is -0.464 e. The molecule has 0 saturated heterocycles. The first-order valence-electron chi connectivity index (χ1n) is 5.20.